The van der Waals surface area contributed by atoms with Crippen LogP contribution >= 0.6 is 0 Å². The standard InChI is InChI=1S/C27H33N3O5.2C26H31N3O5/c1-5-19-15-21(23(33-4)16-22(19)32-3)26-24(25(29-35-26)27(31)28-6-2)20-9-7-18(8-10-20)17-30-11-13-34-14-12-30;1-4-18-14-20(21(30)15-22(18)32-3)25-23(24(28-34-25)26(31)27-5-2)19-8-6-17(7-9-19)16-29-10-12-33-13-11-29;1-4-18-14-20(22(32-3)15-21(18)30)25-23(24(28-34-25)26(31)27-5-2)19-8-6-17(7-9-19)16-29-10-12-33-13-11-29/h7-10,15-16H,5-6,11-14,17H2,1-4H3,(H,28,31);2*6-9,14-15,30H,4-5,10-13,16H2,1-3H3,(H,27,31). The second-order valence-corrected chi connectivity index (χ2v) is 24.8. The minimum absolute atomic E-state index is 0.00200. The van der Waals surface area contributed by atoms with Crippen molar-refractivity contribution in [1.82, 2.24) is 46.1 Å². The summed E-state index contributed by atoms with van der Waals surface area (Å²) in [5, 5.41) is 41.9. The highest BCUT2D eigenvalue weighted by Gasteiger charge is 2.31. The van der Waals surface area contributed by atoms with Gasteiger partial charge < -0.3 is 72.9 Å². The van der Waals surface area contributed by atoms with Gasteiger partial charge in [0.05, 0.1) is 101 Å². The molecule has 0 bridgehead atoms. The highest BCUT2D eigenvalue weighted by molar-refractivity contribution is 6.05. The van der Waals surface area contributed by atoms with Crippen molar-refractivity contribution in [3.63, 3.8) is 0 Å². The Bertz CT molecular complexity index is 4280. The van der Waals surface area contributed by atoms with Gasteiger partial charge in [0.15, 0.2) is 34.4 Å². The van der Waals surface area contributed by atoms with E-state index in [2.05, 4.69) is 89.4 Å². The Morgan fingerprint density at radius 2 is 0.680 bits per heavy atom. The molecule has 6 aromatic carbocycles. The van der Waals surface area contributed by atoms with Crippen molar-refractivity contribution in [3.05, 3.63) is 160 Å². The number of phenols is 2. The zero-order valence-electron chi connectivity index (χ0n) is 60.6. The molecule has 0 spiro atoms. The first-order chi connectivity index (χ1) is 50.2. The number of ether oxygens (including phenoxy) is 7. The number of hydrogen-bond donors (Lipinski definition) is 5. The number of aromatic nitrogens is 3. The number of aryl methyl sites for hydroxylation is 3. The van der Waals surface area contributed by atoms with Crippen LogP contribution < -0.4 is 34.9 Å². The summed E-state index contributed by atoms with van der Waals surface area (Å²) in [6, 6.07) is 35.0. The van der Waals surface area contributed by atoms with Crippen LogP contribution in [0.3, 0.4) is 0 Å². The molecule has 3 fully saturated rings. The van der Waals surface area contributed by atoms with Crippen LogP contribution in [0.1, 0.15) is 106 Å². The smallest absolute Gasteiger partial charge is 0.274 e. The van der Waals surface area contributed by atoms with Crippen molar-refractivity contribution in [2.24, 2.45) is 0 Å². The van der Waals surface area contributed by atoms with Crippen LogP contribution in [0.15, 0.2) is 123 Å². The molecule has 546 valence electrons. The van der Waals surface area contributed by atoms with Gasteiger partial charge in [0, 0.05) is 96.7 Å². The highest BCUT2D eigenvalue weighted by atomic mass is 16.5. The Morgan fingerprint density at radius 3 is 1.00 bits per heavy atom. The number of benzene rings is 6. The van der Waals surface area contributed by atoms with Crippen LogP contribution in [0.25, 0.3) is 67.4 Å². The number of nitrogens with zero attached hydrogens (tertiary/aromatic N) is 6. The van der Waals surface area contributed by atoms with Crippen LogP contribution in [0.4, 0.5) is 0 Å². The Kier molecular flexibility index (Phi) is 26.9. The summed E-state index contributed by atoms with van der Waals surface area (Å²) in [6.07, 6.45) is 2.11. The summed E-state index contributed by atoms with van der Waals surface area (Å²) < 4.78 is 55.7. The number of amides is 3. The van der Waals surface area contributed by atoms with Crippen molar-refractivity contribution in [1.29, 1.82) is 0 Å². The van der Waals surface area contributed by atoms with E-state index in [0.29, 0.717) is 94.8 Å². The molecule has 5 N–H and O–H groups in total. The monoisotopic (exact) mass is 1410 g/mol. The largest absolute Gasteiger partial charge is 0.508 e. The highest BCUT2D eigenvalue weighted by Crippen LogP contribution is 2.46. The molecule has 3 aliphatic rings. The summed E-state index contributed by atoms with van der Waals surface area (Å²) in [5.41, 5.74) is 12.9. The van der Waals surface area contributed by atoms with Crippen LogP contribution in [-0.4, -0.2) is 185 Å². The minimum Gasteiger partial charge on any atom is -0.508 e. The lowest BCUT2D eigenvalue weighted by Gasteiger charge is -2.26. The predicted molar refractivity (Wildman–Crippen MR) is 392 cm³/mol. The van der Waals surface area contributed by atoms with Gasteiger partial charge in [0.1, 0.15) is 34.5 Å². The SMILES string of the molecule is CCNC(=O)c1noc(-c2cc(CC)c(O)cc2OC)c1-c1ccc(CN2CCOCC2)cc1.CCNC(=O)c1noc(-c2cc(CC)c(OC)cc2O)c1-c1ccc(CN2CCOCC2)cc1.CCNC(=O)c1noc(-c2cc(CC)c(OC)cc2OC)c1-c1ccc(CN2CCOCC2)cc1. The first kappa shape index (κ1) is 75.6. The van der Waals surface area contributed by atoms with E-state index in [9.17, 15) is 24.6 Å². The number of nitrogens with one attached hydrogen (secondary N) is 3. The van der Waals surface area contributed by atoms with Crippen LogP contribution in [-0.2, 0) is 53.1 Å². The minimum atomic E-state index is -0.325. The fourth-order valence-electron chi connectivity index (χ4n) is 12.7. The molecule has 9 aromatic rings. The molecule has 24 nitrogen and oxygen atoms in total. The van der Waals surface area contributed by atoms with Crippen molar-refractivity contribution >= 4 is 17.7 Å². The van der Waals surface area contributed by atoms with E-state index in [0.717, 1.165) is 150 Å². The number of carbonyl (C=O) groups is 3. The molecule has 0 radical (unpaired) electrons. The second-order valence-electron chi connectivity index (χ2n) is 24.8. The topological polar surface area (TPSA) is 280 Å². The molecule has 12 rings (SSSR count). The third-order valence-corrected chi connectivity index (χ3v) is 18.3. The molecule has 103 heavy (non-hydrogen) atoms. The van der Waals surface area contributed by atoms with E-state index in [4.69, 9.17) is 46.7 Å². The molecule has 3 aromatic heterocycles. The average Bonchev–Trinajstić information content (AvgIpc) is 1.68. The molecule has 6 heterocycles. The third-order valence-electron chi connectivity index (χ3n) is 18.3. The lowest BCUT2D eigenvalue weighted by Crippen LogP contribution is -2.35. The quantitative estimate of drug-likeness (QED) is 0.0355. The lowest BCUT2D eigenvalue weighted by molar-refractivity contribution is 0.0341. The Balaban J connectivity index is 0.000000166. The summed E-state index contributed by atoms with van der Waals surface area (Å²) in [7, 11) is 6.34. The number of hydrogen-bond acceptors (Lipinski definition) is 21. The maximum absolute atomic E-state index is 12.9. The van der Waals surface area contributed by atoms with Crippen molar-refractivity contribution in [3.8, 4) is 102 Å². The number of methoxy groups -OCH3 is 4. The fourth-order valence-corrected chi connectivity index (χ4v) is 12.7. The molecular formula is C79H95N9O15. The third kappa shape index (κ3) is 18.2. The number of morpholine rings is 3. The normalized spacial score (nSPS) is 14.2. The molecule has 3 saturated heterocycles. The second kappa shape index (κ2) is 36.7. The zero-order chi connectivity index (χ0) is 72.9. The Hall–Kier alpha value is -10.1. The summed E-state index contributed by atoms with van der Waals surface area (Å²) in [5.74, 6) is 2.86. The number of carbonyl (C=O) groups excluding carboxylic acids is 3. The van der Waals surface area contributed by atoms with Crippen molar-refractivity contribution < 1.29 is 71.3 Å². The lowest BCUT2D eigenvalue weighted by atomic mass is 9.96. The number of aromatic hydroxyl groups is 2. The van der Waals surface area contributed by atoms with E-state index >= 15 is 0 Å². The van der Waals surface area contributed by atoms with E-state index in [-0.39, 0.29) is 46.3 Å². The van der Waals surface area contributed by atoms with Crippen LogP contribution in [0, 0.1) is 0 Å². The van der Waals surface area contributed by atoms with Gasteiger partial charge in [-0.25, -0.2) is 0 Å². The molecule has 0 unspecified atom stereocenters. The summed E-state index contributed by atoms with van der Waals surface area (Å²) >= 11 is 0. The summed E-state index contributed by atoms with van der Waals surface area (Å²) in [6.45, 7) is 25.6. The number of phenolic OH excluding ortho intramolecular Hbond substituents is 2. The summed E-state index contributed by atoms with van der Waals surface area (Å²) in [4.78, 5) is 45.6. The van der Waals surface area contributed by atoms with Gasteiger partial charge in [-0.3, -0.25) is 29.1 Å². The maximum Gasteiger partial charge on any atom is 0.274 e. The molecule has 3 aliphatic heterocycles. The Labute approximate surface area is 601 Å². The van der Waals surface area contributed by atoms with E-state index < -0.39 is 0 Å². The van der Waals surface area contributed by atoms with Crippen LogP contribution in [0.2, 0.25) is 0 Å². The van der Waals surface area contributed by atoms with Gasteiger partial charge in [-0.1, -0.05) is 109 Å². The number of rotatable bonds is 25. The molecule has 3 amide bonds. The van der Waals surface area contributed by atoms with Gasteiger partial charge in [-0.2, -0.15) is 0 Å². The van der Waals surface area contributed by atoms with E-state index in [1.165, 1.54) is 23.8 Å². The molecule has 0 atom stereocenters. The molecular weight excluding hydrogens is 1310 g/mol. The van der Waals surface area contributed by atoms with Gasteiger partial charge in [-0.15, -0.1) is 0 Å². The van der Waals surface area contributed by atoms with Crippen molar-refractivity contribution in [2.75, 3.05) is 127 Å². The van der Waals surface area contributed by atoms with Gasteiger partial charge in [0.25, 0.3) is 17.7 Å². The van der Waals surface area contributed by atoms with Gasteiger partial charge in [-0.05, 0) is 108 Å². The van der Waals surface area contributed by atoms with Gasteiger partial charge in [0.2, 0.25) is 0 Å². The molecule has 24 heteroatoms. The predicted octanol–water partition coefficient (Wildman–Crippen LogP) is 11.9. The molecule has 0 aliphatic carbocycles. The first-order valence-electron chi connectivity index (χ1n) is 35.3. The van der Waals surface area contributed by atoms with Crippen molar-refractivity contribution in [2.45, 2.75) is 80.4 Å². The maximum atomic E-state index is 12.9. The van der Waals surface area contributed by atoms with E-state index in [1.54, 1.807) is 33.5 Å². The zero-order valence-corrected chi connectivity index (χ0v) is 60.6. The Morgan fingerprint density at radius 1 is 0.388 bits per heavy atom. The van der Waals surface area contributed by atoms with E-state index in [1.807, 2.05) is 95.3 Å². The average molecular weight is 1410 g/mol. The van der Waals surface area contributed by atoms with Crippen LogP contribution in [0.5, 0.6) is 34.5 Å². The molecule has 0 saturated carbocycles. The van der Waals surface area contributed by atoms with Gasteiger partial charge >= 0.3 is 0 Å². The first-order valence-corrected chi connectivity index (χ1v) is 35.3. The fraction of sp³-hybridized carbons (Fsp3) is 0.392.